The Hall–Kier alpha value is -2.81. The average molecular weight is 674 g/mol. The summed E-state index contributed by atoms with van der Waals surface area (Å²) in [4.78, 5) is 24.2. The van der Waals surface area contributed by atoms with E-state index in [-0.39, 0.29) is 34.0 Å². The molecule has 7 rings (SSSR count). The van der Waals surface area contributed by atoms with E-state index in [1.807, 2.05) is 0 Å². The van der Waals surface area contributed by atoms with Crippen LogP contribution in [0, 0.1) is 0 Å². The molecular formula is C20H23BF2N10O8P2S. The normalized spacial score (nSPS) is 38.2. The predicted octanol–water partition coefficient (Wildman–Crippen LogP) is 0.898. The number of anilines is 2. The maximum absolute atomic E-state index is 16.0. The summed E-state index contributed by atoms with van der Waals surface area (Å²) in [7, 11) is -3.02. The zero-order chi connectivity index (χ0) is 31.0. The van der Waals surface area contributed by atoms with Crippen molar-refractivity contribution in [2.24, 2.45) is 0 Å². The molecule has 2 bridgehead atoms. The van der Waals surface area contributed by atoms with Gasteiger partial charge >= 0.3 is 6.80 Å². The van der Waals surface area contributed by atoms with Gasteiger partial charge in [-0.1, -0.05) is 12.2 Å². The summed E-state index contributed by atoms with van der Waals surface area (Å²) in [6, 6.07) is 0. The Morgan fingerprint density at radius 1 is 0.795 bits per heavy atom. The third-order valence-corrected chi connectivity index (χ3v) is 10.2. The number of thiol groups is 1. The van der Waals surface area contributed by atoms with Crippen LogP contribution in [-0.2, 0) is 36.7 Å². The van der Waals surface area contributed by atoms with Crippen molar-refractivity contribution in [3.8, 4) is 0 Å². The van der Waals surface area contributed by atoms with Crippen LogP contribution in [0.2, 0.25) is 0 Å². The van der Waals surface area contributed by atoms with E-state index >= 15 is 8.78 Å². The number of hydrogen-bond donors (Lipinski definition) is 3. The van der Waals surface area contributed by atoms with Crippen LogP contribution in [-0.4, -0.2) is 96.6 Å². The molecule has 3 fully saturated rings. The molecule has 0 radical (unpaired) electrons. The average Bonchev–Trinajstić information content (AvgIpc) is 3.73. The number of imidazole rings is 2. The number of aromatic nitrogens is 8. The molecule has 234 valence electrons. The first-order valence-electron chi connectivity index (χ1n) is 12.9. The van der Waals surface area contributed by atoms with Crippen molar-refractivity contribution >= 4 is 68.0 Å². The van der Waals surface area contributed by atoms with E-state index in [2.05, 4.69) is 42.2 Å². The zero-order valence-corrected chi connectivity index (χ0v) is 25.1. The number of halogens is 2. The molecule has 4 aromatic heterocycles. The van der Waals surface area contributed by atoms with E-state index in [4.69, 9.17) is 39.0 Å². The van der Waals surface area contributed by atoms with Gasteiger partial charge in [0.1, 0.15) is 48.1 Å². The summed E-state index contributed by atoms with van der Waals surface area (Å²) >= 11 is 4.03. The van der Waals surface area contributed by atoms with Crippen LogP contribution in [0.4, 0.5) is 20.4 Å². The van der Waals surface area contributed by atoms with Gasteiger partial charge in [-0.05, 0) is 0 Å². The molecule has 10 atom stereocenters. The van der Waals surface area contributed by atoms with Crippen molar-refractivity contribution in [3.63, 3.8) is 0 Å². The second-order valence-electron chi connectivity index (χ2n) is 10.2. The fourth-order valence-corrected chi connectivity index (χ4v) is 7.89. The Morgan fingerprint density at radius 2 is 1.36 bits per heavy atom. The van der Waals surface area contributed by atoms with Crippen molar-refractivity contribution in [2.45, 2.75) is 49.2 Å². The molecule has 0 spiro atoms. The Labute approximate surface area is 251 Å². The summed E-state index contributed by atoms with van der Waals surface area (Å²) in [5, 5.41) is 0. The molecule has 3 aliphatic heterocycles. The molecular weight excluding hydrogens is 651 g/mol. The maximum Gasteiger partial charge on any atom is 0.386 e. The van der Waals surface area contributed by atoms with Crippen molar-refractivity contribution in [1.82, 2.24) is 39.0 Å². The van der Waals surface area contributed by atoms with Crippen LogP contribution >= 0.6 is 26.5 Å². The highest BCUT2D eigenvalue weighted by molar-refractivity contribution is 8.44. The highest BCUT2D eigenvalue weighted by atomic mass is 32.7. The molecule has 18 nitrogen and oxygen atoms in total. The van der Waals surface area contributed by atoms with Crippen LogP contribution < -0.4 is 11.5 Å². The maximum atomic E-state index is 16.0. The largest absolute Gasteiger partial charge is 0.386 e. The lowest BCUT2D eigenvalue weighted by Crippen LogP contribution is -2.34. The standard InChI is InChI=1S/C20H23BF2N10O8P2S/c21-42(34)36-1-7-9(22)14(20(38-7)33-6-31-12-16(25)27-4-29-18(12)33)41-43(35,44)37-2-8-13(40-42)10(23)19(39-8)32-5-30-11-15(24)26-3-28-17(11)32/h3-10,13-14,19-20H,1-2,21H2,(H,35,44)(H2,24,26,28)(H2,25,27,29)/t7-,8-,9-,10-,13-,14-,19-,20-,42?,43?/m1/s1. The summed E-state index contributed by atoms with van der Waals surface area (Å²) in [5.41, 5.74) is 12.5. The molecule has 0 aliphatic carbocycles. The molecule has 44 heavy (non-hydrogen) atoms. The van der Waals surface area contributed by atoms with Crippen LogP contribution in [0.5, 0.6) is 0 Å². The SMILES string of the molecule is BP1(=O)OC[C@H]2O[C@@H](n3cnc4c(N)ncnc43)[C@H](OP(=O)(S)OC[C@H]3O[C@@H](n4cnc5c(N)ncnc54)[C@H](F)[C@@H]3O1)[C@@H]2F. The molecule has 3 saturated heterocycles. The van der Waals surface area contributed by atoms with E-state index in [1.165, 1.54) is 34.4 Å². The first-order valence-corrected chi connectivity index (χ1v) is 17.6. The van der Waals surface area contributed by atoms with Gasteiger partial charge in [-0.15, -0.1) is 0 Å². The fraction of sp³-hybridized carbons (Fsp3) is 0.500. The number of ether oxygens (including phenoxy) is 2. The number of fused-ring (bicyclic) bond motifs is 5. The van der Waals surface area contributed by atoms with Crippen LogP contribution in [0.3, 0.4) is 0 Å². The molecule has 0 amide bonds. The summed E-state index contributed by atoms with van der Waals surface area (Å²) < 4.78 is 95.1. The topological polar surface area (TPSA) is 229 Å². The lowest BCUT2D eigenvalue weighted by molar-refractivity contribution is -0.0565. The minimum Gasteiger partial charge on any atom is -0.382 e. The van der Waals surface area contributed by atoms with Crippen molar-refractivity contribution in [2.75, 3.05) is 24.7 Å². The number of alkyl halides is 2. The molecule has 24 heteroatoms. The van der Waals surface area contributed by atoms with E-state index < -0.39 is 76.7 Å². The van der Waals surface area contributed by atoms with Gasteiger partial charge in [0.05, 0.1) is 25.9 Å². The molecule has 2 unspecified atom stereocenters. The highest BCUT2D eigenvalue weighted by Gasteiger charge is 2.54. The fourth-order valence-electron chi connectivity index (χ4n) is 5.27. The summed E-state index contributed by atoms with van der Waals surface area (Å²) in [6.07, 6.45) is -7.78. The van der Waals surface area contributed by atoms with Crippen molar-refractivity contribution in [1.29, 1.82) is 0 Å². The molecule has 7 heterocycles. The number of hydrogen-bond acceptors (Lipinski definition) is 16. The summed E-state index contributed by atoms with van der Waals surface area (Å²) in [6.45, 7) is -5.67. The Bertz CT molecular complexity index is 1840. The minimum absolute atomic E-state index is 0.0600. The number of rotatable bonds is 2. The third-order valence-electron chi connectivity index (χ3n) is 7.30. The molecule has 3 aliphatic rings. The Kier molecular flexibility index (Phi) is 7.42. The van der Waals surface area contributed by atoms with Crippen LogP contribution in [0.15, 0.2) is 25.3 Å². The number of nitrogen functional groups attached to an aromatic ring is 2. The van der Waals surface area contributed by atoms with Gasteiger partial charge in [0.15, 0.2) is 47.7 Å². The summed E-state index contributed by atoms with van der Waals surface area (Å²) in [5.74, 6) is 0.121. The minimum atomic E-state index is -4.41. The number of nitrogens with zero attached hydrogens (tertiary/aromatic N) is 8. The Morgan fingerprint density at radius 3 is 2.00 bits per heavy atom. The van der Waals surface area contributed by atoms with Gasteiger partial charge in [0.2, 0.25) is 0 Å². The lowest BCUT2D eigenvalue weighted by Gasteiger charge is -2.26. The molecule has 0 aromatic carbocycles. The van der Waals surface area contributed by atoms with E-state index in [0.29, 0.717) is 0 Å². The highest BCUT2D eigenvalue weighted by Crippen LogP contribution is 2.58. The van der Waals surface area contributed by atoms with Gasteiger partial charge in [-0.2, -0.15) is 0 Å². The first kappa shape index (κ1) is 29.9. The van der Waals surface area contributed by atoms with E-state index in [0.717, 1.165) is 7.57 Å². The van der Waals surface area contributed by atoms with E-state index in [9.17, 15) is 9.13 Å². The van der Waals surface area contributed by atoms with Gasteiger partial charge in [0.25, 0.3) is 15.0 Å². The quantitative estimate of drug-likeness (QED) is 0.152. The van der Waals surface area contributed by atoms with Crippen molar-refractivity contribution in [3.05, 3.63) is 25.3 Å². The number of nitrogens with two attached hydrogens (primary N) is 2. The van der Waals surface area contributed by atoms with E-state index in [1.54, 1.807) is 0 Å². The molecule has 4 aromatic rings. The van der Waals surface area contributed by atoms with Gasteiger partial charge in [-0.25, -0.2) is 43.2 Å². The zero-order valence-electron chi connectivity index (χ0n) is 22.4. The third kappa shape index (κ3) is 5.17. The van der Waals surface area contributed by atoms with Gasteiger partial charge in [-0.3, -0.25) is 22.7 Å². The second-order valence-corrected chi connectivity index (χ2v) is 15.0. The molecule has 0 saturated carbocycles. The lowest BCUT2D eigenvalue weighted by atomic mass is 10.1. The predicted molar refractivity (Wildman–Crippen MR) is 151 cm³/mol. The van der Waals surface area contributed by atoms with Crippen LogP contribution in [0.1, 0.15) is 12.5 Å². The molecule has 4 N–H and O–H groups in total. The Balaban J connectivity index is 1.20. The van der Waals surface area contributed by atoms with Crippen LogP contribution in [0.25, 0.3) is 22.3 Å². The monoisotopic (exact) mass is 674 g/mol. The second kappa shape index (κ2) is 10.9. The smallest absolute Gasteiger partial charge is 0.382 e. The first-order chi connectivity index (χ1) is 20.9. The van der Waals surface area contributed by atoms with Gasteiger partial charge < -0.3 is 30.0 Å². The van der Waals surface area contributed by atoms with Crippen molar-refractivity contribution < 1.29 is 45.5 Å². The van der Waals surface area contributed by atoms with Gasteiger partial charge in [0, 0.05) is 0 Å².